The van der Waals surface area contributed by atoms with Crippen LogP contribution < -0.4 is 15.5 Å². The Morgan fingerprint density at radius 1 is 1.16 bits per heavy atom. The van der Waals surface area contributed by atoms with E-state index in [1.165, 1.54) is 0 Å². The van der Waals surface area contributed by atoms with Crippen molar-refractivity contribution in [1.82, 2.24) is 24.8 Å². The van der Waals surface area contributed by atoms with Gasteiger partial charge in [-0.3, -0.25) is 4.57 Å². The van der Waals surface area contributed by atoms with Crippen LogP contribution in [0.2, 0.25) is 0 Å². The first-order chi connectivity index (χ1) is 9.20. The number of nitrogens with zero attached hydrogens (tertiary/aromatic N) is 5. The molecule has 1 fully saturated rings. The van der Waals surface area contributed by atoms with E-state index >= 15 is 0 Å². The molecule has 0 unspecified atom stereocenters. The molecule has 1 aliphatic rings. The third-order valence-corrected chi connectivity index (χ3v) is 3.45. The summed E-state index contributed by atoms with van der Waals surface area (Å²) in [6.45, 7) is 5.80. The van der Waals surface area contributed by atoms with Gasteiger partial charge < -0.3 is 15.5 Å². The average Bonchev–Trinajstić information content (AvgIpc) is 2.76. The fraction of sp³-hybridized carbons (Fsp3) is 0.583. The second-order valence-corrected chi connectivity index (χ2v) is 4.75. The third kappa shape index (κ3) is 1.99. The van der Waals surface area contributed by atoms with Crippen LogP contribution in [0.25, 0.3) is 11.2 Å². The van der Waals surface area contributed by atoms with Crippen LogP contribution in [0.4, 0.5) is 11.8 Å². The summed E-state index contributed by atoms with van der Waals surface area (Å²) >= 11 is 0. The third-order valence-electron chi connectivity index (χ3n) is 3.45. The first-order valence-electron chi connectivity index (χ1n) is 6.55. The minimum Gasteiger partial charge on any atom is -0.359 e. The van der Waals surface area contributed by atoms with E-state index in [1.807, 2.05) is 25.6 Å². The predicted molar refractivity (Wildman–Crippen MR) is 75.7 cm³/mol. The largest absolute Gasteiger partial charge is 0.359 e. The van der Waals surface area contributed by atoms with Gasteiger partial charge in [0.2, 0.25) is 5.95 Å². The summed E-state index contributed by atoms with van der Waals surface area (Å²) < 4.78 is 1.97. The van der Waals surface area contributed by atoms with E-state index in [2.05, 4.69) is 30.5 Å². The highest BCUT2D eigenvalue weighted by atomic mass is 15.3. The van der Waals surface area contributed by atoms with E-state index in [1.54, 1.807) is 0 Å². The Balaban J connectivity index is 2.17. The van der Waals surface area contributed by atoms with Gasteiger partial charge in [0, 0.05) is 40.3 Å². The second-order valence-electron chi connectivity index (χ2n) is 4.75. The molecule has 0 aromatic carbocycles. The number of hydrogen-bond donors (Lipinski definition) is 2. The zero-order valence-corrected chi connectivity index (χ0v) is 11.6. The number of aromatic nitrogens is 4. The molecule has 0 spiro atoms. The number of piperazine rings is 1. The number of aryl methyl sites for hydroxylation is 2. The maximum absolute atomic E-state index is 4.61. The van der Waals surface area contributed by atoms with Crippen molar-refractivity contribution in [3.63, 3.8) is 0 Å². The van der Waals surface area contributed by atoms with Gasteiger partial charge in [0.15, 0.2) is 17.0 Å². The van der Waals surface area contributed by atoms with Crippen LogP contribution in [-0.2, 0) is 7.05 Å². The van der Waals surface area contributed by atoms with Gasteiger partial charge in [0.25, 0.3) is 0 Å². The van der Waals surface area contributed by atoms with Crippen LogP contribution in [0.3, 0.4) is 0 Å². The van der Waals surface area contributed by atoms with E-state index in [0.717, 1.165) is 54.9 Å². The number of rotatable bonds is 2. The lowest BCUT2D eigenvalue weighted by Crippen LogP contribution is -2.44. The standard InChI is InChI=1S/C12H19N7/c1-8-15-10-9(17-12(13-2)18(10)3)11(16-8)19-6-4-14-5-7-19/h14H,4-7H2,1-3H3,(H,13,17). The number of hydrogen-bond acceptors (Lipinski definition) is 6. The first kappa shape index (κ1) is 12.2. The molecule has 19 heavy (non-hydrogen) atoms. The van der Waals surface area contributed by atoms with Gasteiger partial charge in [-0.25, -0.2) is 15.0 Å². The Morgan fingerprint density at radius 3 is 2.58 bits per heavy atom. The lowest BCUT2D eigenvalue weighted by Gasteiger charge is -2.28. The van der Waals surface area contributed by atoms with E-state index in [9.17, 15) is 0 Å². The quantitative estimate of drug-likeness (QED) is 0.800. The molecular formula is C12H19N7. The van der Waals surface area contributed by atoms with Crippen molar-refractivity contribution in [3.05, 3.63) is 5.82 Å². The number of anilines is 2. The van der Waals surface area contributed by atoms with Crippen LogP contribution in [-0.4, -0.2) is 52.7 Å². The monoisotopic (exact) mass is 261 g/mol. The molecule has 0 aliphatic carbocycles. The normalized spacial score (nSPS) is 16.1. The van der Waals surface area contributed by atoms with Crippen molar-refractivity contribution >= 4 is 22.9 Å². The van der Waals surface area contributed by atoms with Crippen LogP contribution in [0.1, 0.15) is 5.82 Å². The molecule has 0 atom stereocenters. The Morgan fingerprint density at radius 2 is 1.89 bits per heavy atom. The molecule has 7 nitrogen and oxygen atoms in total. The Kier molecular flexibility index (Phi) is 2.98. The summed E-state index contributed by atoms with van der Waals surface area (Å²) in [5, 5.41) is 6.44. The van der Waals surface area contributed by atoms with Gasteiger partial charge in [-0.1, -0.05) is 0 Å². The summed E-state index contributed by atoms with van der Waals surface area (Å²) in [7, 11) is 3.83. The van der Waals surface area contributed by atoms with Gasteiger partial charge in [0.1, 0.15) is 5.82 Å². The maximum atomic E-state index is 4.61. The number of nitrogens with one attached hydrogen (secondary N) is 2. The number of fused-ring (bicyclic) bond motifs is 1. The lowest BCUT2D eigenvalue weighted by atomic mass is 10.3. The van der Waals surface area contributed by atoms with Gasteiger partial charge in [-0.2, -0.15) is 0 Å². The Labute approximate surface area is 112 Å². The summed E-state index contributed by atoms with van der Waals surface area (Å²) in [6.07, 6.45) is 0. The van der Waals surface area contributed by atoms with E-state index < -0.39 is 0 Å². The maximum Gasteiger partial charge on any atom is 0.204 e. The average molecular weight is 261 g/mol. The smallest absolute Gasteiger partial charge is 0.204 e. The minimum atomic E-state index is 0.784. The first-order valence-corrected chi connectivity index (χ1v) is 6.55. The lowest BCUT2D eigenvalue weighted by molar-refractivity contribution is 0.585. The predicted octanol–water partition coefficient (Wildman–Crippen LogP) is 0.123. The highest BCUT2D eigenvalue weighted by Gasteiger charge is 2.20. The van der Waals surface area contributed by atoms with Crippen molar-refractivity contribution < 1.29 is 0 Å². The molecule has 2 aromatic rings. The molecule has 1 aliphatic heterocycles. The molecule has 0 bridgehead atoms. The molecule has 3 heterocycles. The molecule has 0 saturated carbocycles. The van der Waals surface area contributed by atoms with Gasteiger partial charge in [0.05, 0.1) is 0 Å². The Bertz CT molecular complexity index is 598. The molecule has 102 valence electrons. The summed E-state index contributed by atoms with van der Waals surface area (Å²) in [4.78, 5) is 16.0. The van der Waals surface area contributed by atoms with Crippen LogP contribution in [0.5, 0.6) is 0 Å². The topological polar surface area (TPSA) is 70.9 Å². The SMILES string of the molecule is CNc1nc2c(N3CCNCC3)nc(C)nc2n1C. The van der Waals surface area contributed by atoms with Crippen LogP contribution >= 0.6 is 0 Å². The highest BCUT2D eigenvalue weighted by Crippen LogP contribution is 2.25. The van der Waals surface area contributed by atoms with Gasteiger partial charge in [-0.05, 0) is 6.92 Å². The van der Waals surface area contributed by atoms with E-state index in [0.29, 0.717) is 0 Å². The zero-order chi connectivity index (χ0) is 13.4. The van der Waals surface area contributed by atoms with E-state index in [-0.39, 0.29) is 0 Å². The molecular weight excluding hydrogens is 242 g/mol. The van der Waals surface area contributed by atoms with Gasteiger partial charge in [-0.15, -0.1) is 0 Å². The Hall–Kier alpha value is -1.89. The summed E-state index contributed by atoms with van der Waals surface area (Å²) in [6, 6.07) is 0. The van der Waals surface area contributed by atoms with E-state index in [4.69, 9.17) is 0 Å². The molecule has 0 amide bonds. The minimum absolute atomic E-state index is 0.784. The molecule has 2 aromatic heterocycles. The van der Waals surface area contributed by atoms with Gasteiger partial charge >= 0.3 is 0 Å². The van der Waals surface area contributed by atoms with Crippen molar-refractivity contribution in [2.45, 2.75) is 6.92 Å². The summed E-state index contributed by atoms with van der Waals surface area (Å²) in [5.74, 6) is 2.54. The van der Waals surface area contributed by atoms with Crippen molar-refractivity contribution in [2.75, 3.05) is 43.4 Å². The second kappa shape index (κ2) is 4.65. The zero-order valence-electron chi connectivity index (χ0n) is 11.6. The van der Waals surface area contributed by atoms with Crippen LogP contribution in [0.15, 0.2) is 0 Å². The molecule has 2 N–H and O–H groups in total. The number of imidazole rings is 1. The van der Waals surface area contributed by atoms with Crippen LogP contribution in [0, 0.1) is 6.92 Å². The fourth-order valence-corrected chi connectivity index (χ4v) is 2.47. The van der Waals surface area contributed by atoms with Crippen molar-refractivity contribution in [3.8, 4) is 0 Å². The molecule has 3 rings (SSSR count). The molecule has 7 heteroatoms. The van der Waals surface area contributed by atoms with Crippen molar-refractivity contribution in [2.24, 2.45) is 7.05 Å². The fourth-order valence-electron chi connectivity index (χ4n) is 2.47. The summed E-state index contributed by atoms with van der Waals surface area (Å²) in [5.41, 5.74) is 1.75. The molecule has 1 saturated heterocycles. The van der Waals surface area contributed by atoms with Crippen molar-refractivity contribution in [1.29, 1.82) is 0 Å². The highest BCUT2D eigenvalue weighted by molar-refractivity contribution is 5.86. The molecule has 0 radical (unpaired) electrons.